The highest BCUT2D eigenvalue weighted by Crippen LogP contribution is 2.27. The van der Waals surface area contributed by atoms with Gasteiger partial charge in [-0.2, -0.15) is 0 Å². The Morgan fingerprint density at radius 3 is 2.94 bits per heavy atom. The monoisotopic (exact) mass is 262 g/mol. The first-order valence-electron chi connectivity index (χ1n) is 4.90. The van der Waals surface area contributed by atoms with E-state index in [2.05, 4.69) is 15.3 Å². The minimum atomic E-state index is -0.431. The van der Waals surface area contributed by atoms with Gasteiger partial charge in [0.15, 0.2) is 5.76 Å². The molecule has 0 aliphatic heterocycles. The Bertz CT molecular complexity index is 618. The first-order valence-corrected chi connectivity index (χ1v) is 5.28. The molecule has 0 atom stereocenters. The van der Waals surface area contributed by atoms with Crippen LogP contribution in [-0.2, 0) is 0 Å². The molecule has 0 saturated heterocycles. The van der Waals surface area contributed by atoms with E-state index in [1.807, 2.05) is 0 Å². The van der Waals surface area contributed by atoms with E-state index >= 15 is 0 Å². The number of hydrogen-bond acceptors (Lipinski definition) is 3. The van der Waals surface area contributed by atoms with Gasteiger partial charge in [0, 0.05) is 10.6 Å². The fourth-order valence-electron chi connectivity index (χ4n) is 1.31. The maximum Gasteiger partial charge on any atom is 0.291 e. The predicted octanol–water partition coefficient (Wildman–Crippen LogP) is 4.13. The zero-order valence-corrected chi connectivity index (χ0v) is 9.76. The first-order chi connectivity index (χ1) is 8.70. The summed E-state index contributed by atoms with van der Waals surface area (Å²) in [5.41, 5.74) is 9.04. The third kappa shape index (κ3) is 2.63. The van der Waals surface area contributed by atoms with Crippen molar-refractivity contribution < 1.29 is 9.21 Å². The van der Waals surface area contributed by atoms with Gasteiger partial charge in [0.2, 0.25) is 0 Å². The van der Waals surface area contributed by atoms with Gasteiger partial charge in [0.05, 0.1) is 17.0 Å². The van der Waals surface area contributed by atoms with Gasteiger partial charge in [-0.05, 0) is 29.8 Å². The number of anilines is 1. The summed E-state index contributed by atoms with van der Waals surface area (Å²) in [5.74, 6) is -0.264. The number of carbonyl (C=O) groups is 1. The summed E-state index contributed by atoms with van der Waals surface area (Å²) in [5, 5.41) is 6.33. The molecule has 1 aromatic heterocycles. The molecule has 1 aromatic carbocycles. The van der Waals surface area contributed by atoms with Crippen molar-refractivity contribution in [2.24, 2.45) is 5.11 Å². The van der Waals surface area contributed by atoms with E-state index in [9.17, 15) is 4.79 Å². The molecule has 0 bridgehead atoms. The van der Waals surface area contributed by atoms with Crippen molar-refractivity contribution in [2.45, 2.75) is 0 Å². The summed E-state index contributed by atoms with van der Waals surface area (Å²) in [4.78, 5) is 14.4. The van der Waals surface area contributed by atoms with Crippen molar-refractivity contribution in [1.29, 1.82) is 0 Å². The molecular formula is C11H7ClN4O2. The molecule has 1 N–H and O–H groups in total. The zero-order valence-electron chi connectivity index (χ0n) is 9.00. The van der Waals surface area contributed by atoms with Crippen molar-refractivity contribution in [3.8, 4) is 0 Å². The third-order valence-electron chi connectivity index (χ3n) is 2.10. The van der Waals surface area contributed by atoms with Crippen LogP contribution in [0.3, 0.4) is 0 Å². The summed E-state index contributed by atoms with van der Waals surface area (Å²) in [7, 11) is 0. The van der Waals surface area contributed by atoms with Crippen LogP contribution in [0.4, 0.5) is 11.4 Å². The lowest BCUT2D eigenvalue weighted by atomic mass is 10.2. The highest BCUT2D eigenvalue weighted by Gasteiger charge is 2.10. The van der Waals surface area contributed by atoms with E-state index in [0.717, 1.165) is 0 Å². The molecule has 0 aliphatic carbocycles. The van der Waals surface area contributed by atoms with Gasteiger partial charge in [0.25, 0.3) is 5.91 Å². The lowest BCUT2D eigenvalue weighted by Gasteiger charge is -2.06. The van der Waals surface area contributed by atoms with Gasteiger partial charge in [-0.3, -0.25) is 4.79 Å². The fourth-order valence-corrected chi connectivity index (χ4v) is 1.48. The van der Waals surface area contributed by atoms with Crippen LogP contribution in [-0.4, -0.2) is 5.91 Å². The smallest absolute Gasteiger partial charge is 0.291 e. The fraction of sp³-hybridized carbons (Fsp3) is 0. The number of benzene rings is 1. The Morgan fingerprint density at radius 1 is 1.44 bits per heavy atom. The summed E-state index contributed by atoms with van der Waals surface area (Å²) < 4.78 is 4.95. The number of rotatable bonds is 3. The SMILES string of the molecule is [N-]=[N+]=Nc1ccc(Cl)c(NC(=O)c2ccco2)c1. The van der Waals surface area contributed by atoms with Crippen molar-refractivity contribution >= 4 is 28.9 Å². The second-order valence-electron chi connectivity index (χ2n) is 3.29. The van der Waals surface area contributed by atoms with Crippen LogP contribution in [0, 0.1) is 0 Å². The average molecular weight is 263 g/mol. The number of carbonyl (C=O) groups excluding carboxylic acids is 1. The minimum Gasteiger partial charge on any atom is -0.459 e. The average Bonchev–Trinajstić information content (AvgIpc) is 2.87. The molecule has 1 amide bonds. The Kier molecular flexibility index (Phi) is 3.52. The molecule has 6 nitrogen and oxygen atoms in total. The molecule has 0 aliphatic rings. The third-order valence-corrected chi connectivity index (χ3v) is 2.43. The van der Waals surface area contributed by atoms with Gasteiger partial charge in [-0.25, -0.2) is 0 Å². The van der Waals surface area contributed by atoms with Crippen molar-refractivity contribution in [1.82, 2.24) is 0 Å². The van der Waals surface area contributed by atoms with E-state index in [1.165, 1.54) is 24.5 Å². The van der Waals surface area contributed by atoms with Crippen LogP contribution in [0.25, 0.3) is 10.4 Å². The van der Waals surface area contributed by atoms with Crippen molar-refractivity contribution in [2.75, 3.05) is 5.32 Å². The van der Waals surface area contributed by atoms with E-state index in [0.29, 0.717) is 16.4 Å². The van der Waals surface area contributed by atoms with E-state index < -0.39 is 5.91 Å². The lowest BCUT2D eigenvalue weighted by Crippen LogP contribution is -2.11. The van der Waals surface area contributed by atoms with Crippen LogP contribution < -0.4 is 5.32 Å². The summed E-state index contributed by atoms with van der Waals surface area (Å²) in [6, 6.07) is 7.68. The maximum atomic E-state index is 11.7. The standard InChI is InChI=1S/C11H7ClN4O2/c12-8-4-3-7(15-16-13)6-9(8)14-11(17)10-2-1-5-18-10/h1-6H,(H,14,17). The summed E-state index contributed by atoms with van der Waals surface area (Å²) in [6.45, 7) is 0. The largest absolute Gasteiger partial charge is 0.459 e. The number of nitrogens with one attached hydrogen (secondary N) is 1. The van der Waals surface area contributed by atoms with Crippen LogP contribution in [0.5, 0.6) is 0 Å². The first kappa shape index (κ1) is 12.0. The molecule has 0 spiro atoms. The molecule has 2 aromatic rings. The number of amides is 1. The Labute approximate surface area is 107 Å². The second-order valence-corrected chi connectivity index (χ2v) is 3.69. The number of hydrogen-bond donors (Lipinski definition) is 1. The van der Waals surface area contributed by atoms with Crippen molar-refractivity contribution in [3.05, 3.63) is 57.8 Å². The van der Waals surface area contributed by atoms with Gasteiger partial charge < -0.3 is 9.73 Å². The molecule has 1 heterocycles. The summed E-state index contributed by atoms with van der Waals surface area (Å²) >= 11 is 5.92. The molecule has 7 heteroatoms. The van der Waals surface area contributed by atoms with Crippen LogP contribution in [0.15, 0.2) is 46.1 Å². The highest BCUT2D eigenvalue weighted by atomic mass is 35.5. The van der Waals surface area contributed by atoms with Gasteiger partial charge >= 0.3 is 0 Å². The molecule has 18 heavy (non-hydrogen) atoms. The molecule has 0 radical (unpaired) electrons. The van der Waals surface area contributed by atoms with Gasteiger partial charge in [-0.1, -0.05) is 22.8 Å². The summed E-state index contributed by atoms with van der Waals surface area (Å²) in [6.07, 6.45) is 1.40. The second kappa shape index (κ2) is 5.27. The van der Waals surface area contributed by atoms with Crippen LogP contribution >= 0.6 is 11.6 Å². The minimum absolute atomic E-state index is 0.167. The zero-order chi connectivity index (χ0) is 13.0. The molecule has 0 fully saturated rings. The number of nitrogens with zero attached hydrogens (tertiary/aromatic N) is 3. The number of furan rings is 1. The molecule has 0 saturated carbocycles. The number of halogens is 1. The Morgan fingerprint density at radius 2 is 2.28 bits per heavy atom. The van der Waals surface area contributed by atoms with Gasteiger partial charge in [-0.15, -0.1) is 0 Å². The van der Waals surface area contributed by atoms with E-state index in [-0.39, 0.29) is 5.76 Å². The van der Waals surface area contributed by atoms with Crippen LogP contribution in [0.2, 0.25) is 5.02 Å². The van der Waals surface area contributed by atoms with Gasteiger partial charge in [0.1, 0.15) is 0 Å². The normalized spacial score (nSPS) is 9.61. The quantitative estimate of drug-likeness (QED) is 0.512. The maximum absolute atomic E-state index is 11.7. The van der Waals surface area contributed by atoms with Crippen molar-refractivity contribution in [3.63, 3.8) is 0 Å². The molecule has 0 unspecified atom stereocenters. The molecule has 90 valence electrons. The van der Waals surface area contributed by atoms with E-state index in [1.54, 1.807) is 12.1 Å². The topological polar surface area (TPSA) is 91.0 Å². The number of azide groups is 1. The molecule has 2 rings (SSSR count). The Balaban J connectivity index is 2.25. The lowest BCUT2D eigenvalue weighted by molar-refractivity contribution is 0.0996. The van der Waals surface area contributed by atoms with Crippen LogP contribution in [0.1, 0.15) is 10.6 Å². The van der Waals surface area contributed by atoms with E-state index in [4.69, 9.17) is 21.5 Å². The predicted molar refractivity (Wildman–Crippen MR) is 66.9 cm³/mol. The highest BCUT2D eigenvalue weighted by molar-refractivity contribution is 6.34. The Hall–Kier alpha value is -2.43. The molecular weight excluding hydrogens is 256 g/mol.